The highest BCUT2D eigenvalue weighted by Crippen LogP contribution is 2.52. The largest absolute Gasteiger partial charge is 0.373 e. The molecule has 4 rings (SSSR count). The molecular weight excluding hydrogens is 314 g/mol. The molecule has 2 unspecified atom stereocenters. The fourth-order valence-corrected chi connectivity index (χ4v) is 5.65. The van der Waals surface area contributed by atoms with Gasteiger partial charge in [0.15, 0.2) is 0 Å². The third-order valence-electron chi connectivity index (χ3n) is 6.89. The van der Waals surface area contributed by atoms with Crippen molar-refractivity contribution < 1.29 is 9.53 Å². The molecule has 1 aromatic heterocycles. The van der Waals surface area contributed by atoms with Crippen LogP contribution in [0.5, 0.6) is 0 Å². The monoisotopic (exact) mass is 343 g/mol. The Kier molecular flexibility index (Phi) is 4.32. The molecule has 5 heteroatoms. The van der Waals surface area contributed by atoms with Crippen LogP contribution in [0.4, 0.5) is 0 Å². The Balaban J connectivity index is 1.67. The third kappa shape index (κ3) is 2.68. The summed E-state index contributed by atoms with van der Waals surface area (Å²) >= 11 is 0. The molecule has 0 radical (unpaired) electrons. The molecule has 1 aromatic rings. The molecule has 3 fully saturated rings. The maximum absolute atomic E-state index is 11.6. The maximum Gasteiger partial charge on any atom is 0.267 e. The van der Waals surface area contributed by atoms with Crippen LogP contribution in [-0.2, 0) is 10.3 Å². The molecule has 3 aliphatic rings. The quantitative estimate of drug-likeness (QED) is 0.912. The first kappa shape index (κ1) is 17.0. The van der Waals surface area contributed by atoms with E-state index < -0.39 is 5.91 Å². The Morgan fingerprint density at radius 3 is 2.56 bits per heavy atom. The fraction of sp³-hybridized carbons (Fsp3) is 0.700. The van der Waals surface area contributed by atoms with E-state index in [2.05, 4.69) is 16.8 Å². The van der Waals surface area contributed by atoms with Crippen LogP contribution in [0.3, 0.4) is 0 Å². The Labute approximate surface area is 149 Å². The van der Waals surface area contributed by atoms with Crippen LogP contribution in [0, 0.1) is 17.8 Å². The van der Waals surface area contributed by atoms with Gasteiger partial charge in [-0.3, -0.25) is 14.7 Å². The van der Waals surface area contributed by atoms with E-state index >= 15 is 0 Å². The molecule has 0 spiro atoms. The van der Waals surface area contributed by atoms with Crippen LogP contribution < -0.4 is 5.73 Å². The van der Waals surface area contributed by atoms with E-state index in [9.17, 15) is 4.79 Å². The standard InChI is InChI=1S/C20H29N3O2/c1-13-8-17(9-13)23-11-15-4-3-5-16(12-23)20(15,25-2)14-6-7-22-18(10-14)19(21)24/h6-7,10,13,15-17H,3-5,8-9,11-12H2,1-2H3,(H2,21,24)/t13-,15?,16?,17+,20?. The summed E-state index contributed by atoms with van der Waals surface area (Å²) in [6, 6.07) is 4.63. The van der Waals surface area contributed by atoms with Gasteiger partial charge in [0.05, 0.1) is 0 Å². The van der Waals surface area contributed by atoms with Gasteiger partial charge in [-0.05, 0) is 49.3 Å². The van der Waals surface area contributed by atoms with Gasteiger partial charge in [0.2, 0.25) is 0 Å². The summed E-state index contributed by atoms with van der Waals surface area (Å²) in [5.74, 6) is 1.32. The number of ether oxygens (including phenoxy) is 1. The first-order valence-electron chi connectivity index (χ1n) is 9.60. The first-order valence-corrected chi connectivity index (χ1v) is 9.60. The maximum atomic E-state index is 11.6. The minimum Gasteiger partial charge on any atom is -0.373 e. The summed E-state index contributed by atoms with van der Waals surface area (Å²) in [4.78, 5) is 18.4. The van der Waals surface area contributed by atoms with E-state index in [0.717, 1.165) is 30.6 Å². The van der Waals surface area contributed by atoms with Crippen molar-refractivity contribution in [2.45, 2.75) is 50.7 Å². The number of fused-ring (bicyclic) bond motifs is 2. The molecule has 2 atom stereocenters. The summed E-state index contributed by atoms with van der Waals surface area (Å²) in [6.45, 7) is 4.54. The number of rotatable bonds is 4. The highest BCUT2D eigenvalue weighted by molar-refractivity contribution is 5.90. The van der Waals surface area contributed by atoms with E-state index in [1.807, 2.05) is 19.2 Å². The molecule has 2 heterocycles. The Bertz CT molecular complexity index is 642. The number of carbonyl (C=O) groups is 1. The van der Waals surface area contributed by atoms with Crippen LogP contribution in [0.15, 0.2) is 18.3 Å². The number of aromatic nitrogens is 1. The molecular formula is C20H29N3O2. The van der Waals surface area contributed by atoms with Crippen LogP contribution in [0.25, 0.3) is 0 Å². The molecule has 1 aliphatic heterocycles. The highest BCUT2D eigenvalue weighted by Gasteiger charge is 2.54. The van der Waals surface area contributed by atoms with Crippen molar-refractivity contribution in [3.05, 3.63) is 29.6 Å². The second-order valence-electron chi connectivity index (χ2n) is 8.30. The van der Waals surface area contributed by atoms with E-state index in [1.165, 1.54) is 32.1 Å². The summed E-state index contributed by atoms with van der Waals surface area (Å²) in [5.41, 5.74) is 6.57. The number of primary amides is 1. The van der Waals surface area contributed by atoms with Gasteiger partial charge in [-0.15, -0.1) is 0 Å². The number of piperidine rings is 1. The molecule has 2 bridgehead atoms. The van der Waals surface area contributed by atoms with Crippen LogP contribution >= 0.6 is 0 Å². The first-order chi connectivity index (χ1) is 12.0. The number of hydrogen-bond acceptors (Lipinski definition) is 4. The lowest BCUT2D eigenvalue weighted by atomic mass is 9.61. The normalized spacial score (nSPS) is 38.2. The predicted octanol–water partition coefficient (Wildman–Crippen LogP) is 2.55. The second kappa shape index (κ2) is 6.36. The molecule has 0 aromatic carbocycles. The minimum absolute atomic E-state index is 0.308. The van der Waals surface area contributed by atoms with Gasteiger partial charge < -0.3 is 10.5 Å². The van der Waals surface area contributed by atoms with Crippen molar-refractivity contribution in [3.8, 4) is 0 Å². The molecule has 2 N–H and O–H groups in total. The van der Waals surface area contributed by atoms with Gasteiger partial charge in [0.1, 0.15) is 11.3 Å². The summed E-state index contributed by atoms with van der Waals surface area (Å²) < 4.78 is 6.26. The van der Waals surface area contributed by atoms with Crippen molar-refractivity contribution in [1.29, 1.82) is 0 Å². The van der Waals surface area contributed by atoms with Gasteiger partial charge in [0, 0.05) is 44.3 Å². The molecule has 1 amide bonds. The minimum atomic E-state index is -0.473. The number of methoxy groups -OCH3 is 1. The number of hydrogen-bond donors (Lipinski definition) is 1. The molecule has 5 nitrogen and oxygen atoms in total. The SMILES string of the molecule is COC1(c2ccnc(C(N)=O)c2)C2CCCC1CN([C@H]1C[C@@H](C)C1)C2. The van der Waals surface area contributed by atoms with Crippen molar-refractivity contribution in [3.63, 3.8) is 0 Å². The highest BCUT2D eigenvalue weighted by atomic mass is 16.5. The fourth-order valence-electron chi connectivity index (χ4n) is 5.65. The van der Waals surface area contributed by atoms with Gasteiger partial charge in [-0.25, -0.2) is 0 Å². The Hall–Kier alpha value is -1.46. The number of carbonyl (C=O) groups excluding carboxylic acids is 1. The summed E-state index contributed by atoms with van der Waals surface area (Å²) in [5, 5.41) is 0. The zero-order valence-electron chi connectivity index (χ0n) is 15.3. The number of amides is 1. The lowest BCUT2D eigenvalue weighted by Crippen LogP contribution is -2.62. The molecule has 1 saturated heterocycles. The van der Waals surface area contributed by atoms with Crippen molar-refractivity contribution in [1.82, 2.24) is 9.88 Å². The van der Waals surface area contributed by atoms with Gasteiger partial charge >= 0.3 is 0 Å². The Morgan fingerprint density at radius 1 is 1.32 bits per heavy atom. The van der Waals surface area contributed by atoms with E-state index in [4.69, 9.17) is 10.5 Å². The molecule has 136 valence electrons. The lowest BCUT2D eigenvalue weighted by Gasteiger charge is -2.58. The van der Waals surface area contributed by atoms with Crippen molar-refractivity contribution >= 4 is 5.91 Å². The number of pyridine rings is 1. The van der Waals surface area contributed by atoms with Crippen molar-refractivity contribution in [2.24, 2.45) is 23.5 Å². The smallest absolute Gasteiger partial charge is 0.267 e. The zero-order valence-corrected chi connectivity index (χ0v) is 15.3. The van der Waals surface area contributed by atoms with E-state index in [-0.39, 0.29) is 5.60 Å². The topological polar surface area (TPSA) is 68.5 Å². The van der Waals surface area contributed by atoms with Gasteiger partial charge in [-0.1, -0.05) is 13.3 Å². The average molecular weight is 343 g/mol. The van der Waals surface area contributed by atoms with E-state index in [1.54, 1.807) is 6.20 Å². The molecule has 25 heavy (non-hydrogen) atoms. The number of likely N-dealkylation sites (tertiary alicyclic amines) is 1. The second-order valence-corrected chi connectivity index (χ2v) is 8.30. The van der Waals surface area contributed by atoms with Gasteiger partial charge in [-0.2, -0.15) is 0 Å². The Morgan fingerprint density at radius 2 is 2.00 bits per heavy atom. The van der Waals surface area contributed by atoms with Crippen LogP contribution in [0.2, 0.25) is 0 Å². The number of nitrogens with zero attached hydrogens (tertiary/aromatic N) is 2. The van der Waals surface area contributed by atoms with E-state index in [0.29, 0.717) is 17.5 Å². The predicted molar refractivity (Wildman–Crippen MR) is 96.0 cm³/mol. The summed E-state index contributed by atoms with van der Waals surface area (Å²) in [7, 11) is 1.83. The zero-order chi connectivity index (χ0) is 17.6. The average Bonchev–Trinajstić information content (AvgIpc) is 2.57. The molecule has 2 aliphatic carbocycles. The molecule has 2 saturated carbocycles. The number of nitrogens with two attached hydrogens (primary N) is 1. The lowest BCUT2D eigenvalue weighted by molar-refractivity contribution is -0.179. The van der Waals surface area contributed by atoms with Crippen molar-refractivity contribution in [2.75, 3.05) is 20.2 Å². The van der Waals surface area contributed by atoms with Crippen LogP contribution in [0.1, 0.15) is 55.1 Å². The van der Waals surface area contributed by atoms with Gasteiger partial charge in [0.25, 0.3) is 5.91 Å². The van der Waals surface area contributed by atoms with Crippen LogP contribution in [-0.4, -0.2) is 42.0 Å². The summed E-state index contributed by atoms with van der Waals surface area (Å²) in [6.07, 6.45) is 7.99. The third-order valence-corrected chi connectivity index (χ3v) is 6.89.